The molecule has 26 heavy (non-hydrogen) atoms. The van der Waals surface area contributed by atoms with E-state index in [0.717, 1.165) is 23.1 Å². The van der Waals surface area contributed by atoms with Crippen LogP contribution in [0.2, 0.25) is 0 Å². The van der Waals surface area contributed by atoms with Crippen molar-refractivity contribution >= 4 is 17.7 Å². The average Bonchev–Trinajstić information content (AvgIpc) is 3.09. The van der Waals surface area contributed by atoms with E-state index in [9.17, 15) is 4.79 Å². The minimum Gasteiger partial charge on any atom is -0.493 e. The van der Waals surface area contributed by atoms with Gasteiger partial charge in [-0.3, -0.25) is 0 Å². The number of rotatable bonds is 8. The number of hydrogen-bond donors (Lipinski definition) is 1. The summed E-state index contributed by atoms with van der Waals surface area (Å²) in [5.74, 6) is 1.28. The first-order valence-electron chi connectivity index (χ1n) is 8.26. The normalized spacial score (nSPS) is 10.7. The fourth-order valence-electron chi connectivity index (χ4n) is 2.47. The molecule has 0 aliphatic carbocycles. The Morgan fingerprint density at radius 2 is 1.85 bits per heavy atom. The summed E-state index contributed by atoms with van der Waals surface area (Å²) in [5.41, 5.74) is 1.29. The zero-order valence-corrected chi connectivity index (χ0v) is 15.1. The van der Waals surface area contributed by atoms with E-state index in [-0.39, 0.29) is 5.56 Å². The Morgan fingerprint density at radius 1 is 1.12 bits per heavy atom. The van der Waals surface area contributed by atoms with E-state index < -0.39 is 5.97 Å². The van der Waals surface area contributed by atoms with Gasteiger partial charge in [0.05, 0.1) is 12.2 Å². The summed E-state index contributed by atoms with van der Waals surface area (Å²) < 4.78 is 7.74. The summed E-state index contributed by atoms with van der Waals surface area (Å²) >= 11 is 1.58. The molecule has 0 bridgehead atoms. The maximum atomic E-state index is 10.8. The van der Waals surface area contributed by atoms with Gasteiger partial charge >= 0.3 is 5.97 Å². The minimum absolute atomic E-state index is 0.246. The van der Waals surface area contributed by atoms with Gasteiger partial charge in [0.25, 0.3) is 0 Å². The van der Waals surface area contributed by atoms with Crippen molar-refractivity contribution in [1.29, 1.82) is 0 Å². The van der Waals surface area contributed by atoms with Gasteiger partial charge in [-0.15, -0.1) is 10.2 Å². The molecule has 7 heteroatoms. The Balaban J connectivity index is 1.57. The van der Waals surface area contributed by atoms with Gasteiger partial charge in [0.15, 0.2) is 11.0 Å². The third-order valence-electron chi connectivity index (χ3n) is 3.75. The lowest BCUT2D eigenvalue weighted by Gasteiger charge is -2.08. The first kappa shape index (κ1) is 18.0. The highest BCUT2D eigenvalue weighted by atomic mass is 32.2. The summed E-state index contributed by atoms with van der Waals surface area (Å²) in [7, 11) is 0. The highest BCUT2D eigenvalue weighted by Crippen LogP contribution is 2.23. The molecule has 0 aliphatic rings. The molecular weight excluding hydrogens is 350 g/mol. The van der Waals surface area contributed by atoms with E-state index in [1.807, 2.05) is 30.3 Å². The average molecular weight is 369 g/mol. The molecule has 0 fully saturated rings. The van der Waals surface area contributed by atoms with Gasteiger partial charge in [-0.1, -0.05) is 42.1 Å². The molecule has 0 unspecified atom stereocenters. The summed E-state index contributed by atoms with van der Waals surface area (Å²) in [4.78, 5) is 10.8. The number of nitrogens with zero attached hydrogens (tertiary/aromatic N) is 3. The maximum Gasteiger partial charge on any atom is 0.335 e. The molecule has 1 heterocycles. The molecular formula is C19H19N3O3S. The standard InChI is InChI=1S/C19H19N3O3S/c1-2-22-17(14-6-4-3-5-7-14)20-21-19(22)26-13-12-25-16-10-8-15(9-11-16)18(23)24/h3-11H,2,12-13H2,1H3,(H,23,24). The fraction of sp³-hybridized carbons (Fsp3) is 0.211. The topological polar surface area (TPSA) is 77.2 Å². The molecule has 0 saturated heterocycles. The smallest absolute Gasteiger partial charge is 0.335 e. The van der Waals surface area contributed by atoms with Crippen molar-refractivity contribution in [2.75, 3.05) is 12.4 Å². The van der Waals surface area contributed by atoms with Crippen LogP contribution < -0.4 is 4.74 Å². The molecule has 0 atom stereocenters. The number of carboxylic acid groups (broad SMARTS) is 1. The lowest BCUT2D eigenvalue weighted by molar-refractivity contribution is 0.0697. The molecule has 3 rings (SSSR count). The van der Waals surface area contributed by atoms with Crippen LogP contribution in [0.3, 0.4) is 0 Å². The summed E-state index contributed by atoms with van der Waals surface area (Å²) in [6, 6.07) is 16.4. The largest absolute Gasteiger partial charge is 0.493 e. The van der Waals surface area contributed by atoms with Crippen molar-refractivity contribution in [1.82, 2.24) is 14.8 Å². The van der Waals surface area contributed by atoms with E-state index in [1.165, 1.54) is 12.1 Å². The van der Waals surface area contributed by atoms with Crippen molar-refractivity contribution in [2.24, 2.45) is 0 Å². The second kappa shape index (κ2) is 8.53. The first-order chi connectivity index (χ1) is 12.7. The fourth-order valence-corrected chi connectivity index (χ4v) is 3.29. The van der Waals surface area contributed by atoms with Crippen molar-refractivity contribution in [3.05, 3.63) is 60.2 Å². The van der Waals surface area contributed by atoms with Gasteiger partial charge in [-0.25, -0.2) is 4.79 Å². The van der Waals surface area contributed by atoms with Crippen molar-refractivity contribution in [3.63, 3.8) is 0 Å². The highest BCUT2D eigenvalue weighted by Gasteiger charge is 2.12. The van der Waals surface area contributed by atoms with Crippen molar-refractivity contribution < 1.29 is 14.6 Å². The Bertz CT molecular complexity index is 863. The molecule has 0 spiro atoms. The molecule has 2 aromatic carbocycles. The second-order valence-corrected chi connectivity index (χ2v) is 6.50. The molecule has 0 aliphatic heterocycles. The quantitative estimate of drug-likeness (QED) is 0.480. The van der Waals surface area contributed by atoms with Crippen LogP contribution in [0.25, 0.3) is 11.4 Å². The van der Waals surface area contributed by atoms with Crippen molar-refractivity contribution in [2.45, 2.75) is 18.6 Å². The number of aromatic nitrogens is 3. The third-order valence-corrected chi connectivity index (χ3v) is 4.68. The second-order valence-electron chi connectivity index (χ2n) is 5.44. The van der Waals surface area contributed by atoms with Gasteiger partial charge in [0, 0.05) is 17.9 Å². The molecule has 0 amide bonds. The zero-order chi connectivity index (χ0) is 18.4. The Labute approximate surface area is 155 Å². The van der Waals surface area contributed by atoms with Crippen LogP contribution in [-0.4, -0.2) is 38.2 Å². The first-order valence-corrected chi connectivity index (χ1v) is 9.25. The Hall–Kier alpha value is -2.80. The van der Waals surface area contributed by atoms with Crippen LogP contribution in [-0.2, 0) is 6.54 Å². The lowest BCUT2D eigenvalue weighted by atomic mass is 10.2. The van der Waals surface area contributed by atoms with E-state index in [0.29, 0.717) is 18.1 Å². The molecule has 6 nitrogen and oxygen atoms in total. The van der Waals surface area contributed by atoms with Crippen LogP contribution in [0, 0.1) is 0 Å². The van der Waals surface area contributed by atoms with Gasteiger partial charge in [0.1, 0.15) is 5.75 Å². The number of carboxylic acids is 1. The van der Waals surface area contributed by atoms with Gasteiger partial charge in [0.2, 0.25) is 0 Å². The maximum absolute atomic E-state index is 10.8. The van der Waals surface area contributed by atoms with Crippen LogP contribution in [0.4, 0.5) is 0 Å². The van der Waals surface area contributed by atoms with Gasteiger partial charge < -0.3 is 14.4 Å². The monoisotopic (exact) mass is 369 g/mol. The summed E-state index contributed by atoms with van der Waals surface area (Å²) in [6.07, 6.45) is 0. The summed E-state index contributed by atoms with van der Waals surface area (Å²) in [6.45, 7) is 3.35. The minimum atomic E-state index is -0.944. The molecule has 1 aromatic heterocycles. The summed E-state index contributed by atoms with van der Waals surface area (Å²) in [5, 5.41) is 18.4. The Kier molecular flexibility index (Phi) is 5.91. The Morgan fingerprint density at radius 3 is 2.50 bits per heavy atom. The SMILES string of the molecule is CCn1c(SCCOc2ccc(C(=O)O)cc2)nnc1-c1ccccc1. The van der Waals surface area contributed by atoms with E-state index in [1.54, 1.807) is 23.9 Å². The van der Waals surface area contributed by atoms with Crippen LogP contribution >= 0.6 is 11.8 Å². The number of ether oxygens (including phenoxy) is 1. The molecule has 0 saturated carbocycles. The van der Waals surface area contributed by atoms with Gasteiger partial charge in [-0.2, -0.15) is 0 Å². The third kappa shape index (κ3) is 4.23. The van der Waals surface area contributed by atoms with Gasteiger partial charge in [-0.05, 0) is 31.2 Å². The molecule has 1 N–H and O–H groups in total. The molecule has 0 radical (unpaired) electrons. The highest BCUT2D eigenvalue weighted by molar-refractivity contribution is 7.99. The molecule has 134 valence electrons. The zero-order valence-electron chi connectivity index (χ0n) is 14.3. The number of hydrogen-bond acceptors (Lipinski definition) is 5. The molecule has 3 aromatic rings. The van der Waals surface area contributed by atoms with Crippen LogP contribution in [0.15, 0.2) is 59.8 Å². The van der Waals surface area contributed by atoms with E-state index in [2.05, 4.69) is 21.7 Å². The van der Waals surface area contributed by atoms with Crippen LogP contribution in [0.1, 0.15) is 17.3 Å². The number of thioether (sulfide) groups is 1. The lowest BCUT2D eigenvalue weighted by Crippen LogP contribution is -2.04. The van der Waals surface area contributed by atoms with E-state index >= 15 is 0 Å². The predicted octanol–water partition coefficient (Wildman–Crippen LogP) is 3.83. The van der Waals surface area contributed by atoms with E-state index in [4.69, 9.17) is 9.84 Å². The van der Waals surface area contributed by atoms with Crippen LogP contribution in [0.5, 0.6) is 5.75 Å². The number of carbonyl (C=O) groups is 1. The number of benzene rings is 2. The number of aromatic carboxylic acids is 1. The van der Waals surface area contributed by atoms with Crippen molar-refractivity contribution in [3.8, 4) is 17.1 Å². The predicted molar refractivity (Wildman–Crippen MR) is 101 cm³/mol.